The van der Waals surface area contributed by atoms with E-state index in [1.807, 2.05) is 0 Å². The summed E-state index contributed by atoms with van der Waals surface area (Å²) < 4.78 is 43.9. The van der Waals surface area contributed by atoms with Gasteiger partial charge in [-0.3, -0.25) is 14.9 Å². The van der Waals surface area contributed by atoms with Crippen molar-refractivity contribution in [3.05, 3.63) is 47.3 Å². The number of benzene rings is 1. The molecular weight excluding hydrogens is 502 g/mol. The molecule has 0 unspecified atom stereocenters. The fourth-order valence-corrected chi connectivity index (χ4v) is 3.92. The van der Waals surface area contributed by atoms with Gasteiger partial charge in [0.2, 0.25) is 0 Å². The number of ether oxygens (including phenoxy) is 1. The Kier molecular flexibility index (Phi) is 15.2. The molecule has 0 bridgehead atoms. The second kappa shape index (κ2) is 17.2. The number of alkyl halides is 3. The van der Waals surface area contributed by atoms with Crippen molar-refractivity contribution in [2.75, 3.05) is 32.8 Å². The van der Waals surface area contributed by atoms with Gasteiger partial charge in [-0.15, -0.1) is 0 Å². The minimum atomic E-state index is -4.55. The van der Waals surface area contributed by atoms with E-state index in [9.17, 15) is 32.8 Å². The van der Waals surface area contributed by atoms with Crippen molar-refractivity contribution in [3.63, 3.8) is 0 Å². The highest BCUT2D eigenvalue weighted by molar-refractivity contribution is 6.43. The number of carbonyl (C=O) groups excluding carboxylic acids is 2. The fraction of sp³-hybridized carbons (Fsp3) is 0.654. The van der Waals surface area contributed by atoms with Crippen LogP contribution < -0.4 is 5.32 Å². The zero-order valence-electron chi connectivity index (χ0n) is 22.3. The Bertz CT molecular complexity index is 878. The summed E-state index contributed by atoms with van der Waals surface area (Å²) >= 11 is 0. The van der Waals surface area contributed by atoms with Gasteiger partial charge in [-0.25, -0.2) is 6.57 Å². The Morgan fingerprint density at radius 3 is 2.42 bits per heavy atom. The summed E-state index contributed by atoms with van der Waals surface area (Å²) in [5.74, 6) is -1.03. The van der Waals surface area contributed by atoms with E-state index in [2.05, 4.69) is 30.9 Å². The van der Waals surface area contributed by atoms with Crippen LogP contribution in [0, 0.1) is 12.5 Å². The normalized spacial score (nSPS) is 16.8. The van der Waals surface area contributed by atoms with E-state index >= 15 is 0 Å². The summed E-state index contributed by atoms with van der Waals surface area (Å²) in [6.07, 6.45) is -3.38. The first kappa shape index (κ1) is 33.6. The largest absolute Gasteiger partial charge is 0.455 e. The van der Waals surface area contributed by atoms with Crippen LogP contribution in [0.5, 0.6) is 0 Å². The van der Waals surface area contributed by atoms with Crippen LogP contribution in [0.4, 0.5) is 13.2 Å². The van der Waals surface area contributed by atoms with Gasteiger partial charge in [0.25, 0.3) is 6.54 Å². The lowest BCUT2D eigenvalue weighted by atomic mass is 9.66. The molecule has 3 atom stereocenters. The van der Waals surface area contributed by atoms with Crippen molar-refractivity contribution in [2.24, 2.45) is 5.92 Å². The molecule has 8 nitrogen and oxygen atoms in total. The van der Waals surface area contributed by atoms with E-state index < -0.39 is 37.5 Å². The molecule has 1 aromatic carbocycles. The number of likely N-dealkylation sites (tertiary alicyclic amines) is 1. The number of Topliss-reactive ketones (excluding diaryl/α,β-unsaturated/α-hetero) is 1. The molecule has 2 rings (SSSR count). The number of nitrogens with one attached hydrogen (secondary N) is 1. The van der Waals surface area contributed by atoms with Gasteiger partial charge >= 0.3 is 19.2 Å². The third-order valence-electron chi connectivity index (χ3n) is 5.67. The van der Waals surface area contributed by atoms with Gasteiger partial charge < -0.3 is 24.5 Å². The first-order valence-electron chi connectivity index (χ1n) is 12.8. The molecule has 212 valence electrons. The summed E-state index contributed by atoms with van der Waals surface area (Å²) in [7, 11) is -1.83. The third-order valence-corrected chi connectivity index (χ3v) is 5.67. The first-order valence-corrected chi connectivity index (χ1v) is 12.8. The number of rotatable bonds is 13. The van der Waals surface area contributed by atoms with Crippen LogP contribution in [0.1, 0.15) is 45.6 Å². The topological polar surface area (TPSA) is 103 Å². The monoisotopic (exact) mass is 541 g/mol. The maximum absolute atomic E-state index is 12.8. The number of carbonyl (C=O) groups is 2. The second-order valence-corrected chi connectivity index (χ2v) is 10.1. The smallest absolute Gasteiger partial charge is 0.427 e. The summed E-state index contributed by atoms with van der Waals surface area (Å²) in [6.45, 7) is 11.8. The Hall–Kier alpha value is -2.46. The van der Waals surface area contributed by atoms with Gasteiger partial charge in [-0.05, 0) is 30.7 Å². The van der Waals surface area contributed by atoms with Gasteiger partial charge in [-0.1, -0.05) is 51.1 Å². The lowest BCUT2D eigenvalue weighted by Crippen LogP contribution is -2.47. The Morgan fingerprint density at radius 2 is 1.87 bits per heavy atom. The molecule has 1 heterocycles. The van der Waals surface area contributed by atoms with Crippen molar-refractivity contribution in [3.8, 4) is 0 Å². The summed E-state index contributed by atoms with van der Waals surface area (Å²) in [6, 6.07) is 7.19. The van der Waals surface area contributed by atoms with E-state index in [1.54, 1.807) is 30.3 Å². The predicted octanol–water partition coefficient (Wildman–Crippen LogP) is 3.14. The highest BCUT2D eigenvalue weighted by Crippen LogP contribution is 2.22. The van der Waals surface area contributed by atoms with Crippen LogP contribution in [0.25, 0.3) is 4.85 Å². The first-order chi connectivity index (χ1) is 17.8. The van der Waals surface area contributed by atoms with Crippen molar-refractivity contribution >= 4 is 18.8 Å². The molecular formula is C26H39BF3N3O5. The lowest BCUT2D eigenvalue weighted by molar-refractivity contribution is -0.135. The van der Waals surface area contributed by atoms with Gasteiger partial charge in [0.15, 0.2) is 5.78 Å². The quantitative estimate of drug-likeness (QED) is 0.262. The Balaban J connectivity index is 0.00000168. The Morgan fingerprint density at radius 1 is 1.24 bits per heavy atom. The molecule has 0 aromatic heterocycles. The number of amides is 1. The molecule has 1 amide bonds. The lowest BCUT2D eigenvalue weighted by Gasteiger charge is -2.25. The van der Waals surface area contributed by atoms with Crippen LogP contribution in [0.3, 0.4) is 0 Å². The molecule has 1 aromatic rings. The standard InChI is InChI=1S/C22H29BF3N3O5.C4H10/c1-27-12-21(31)29-9-5-8-18(29)13-34-14-19(28-15-22(24,25)26)20(30)11-17(23(32)33)10-16-6-3-2-4-7-16;1-4(2)3/h2-4,6-7,17-19,28,32-33H,5,8-15H2;4H,1-3H3/t17-,18-,19+;/m1./s1. The van der Waals surface area contributed by atoms with Crippen LogP contribution in [0.2, 0.25) is 5.82 Å². The fourth-order valence-electron chi connectivity index (χ4n) is 3.92. The van der Waals surface area contributed by atoms with Crippen LogP contribution >= 0.6 is 0 Å². The van der Waals surface area contributed by atoms with Gasteiger partial charge in [0.05, 0.1) is 31.8 Å². The van der Waals surface area contributed by atoms with E-state index in [0.29, 0.717) is 13.0 Å². The molecule has 38 heavy (non-hydrogen) atoms. The van der Waals surface area contributed by atoms with E-state index in [0.717, 1.165) is 17.9 Å². The van der Waals surface area contributed by atoms with Gasteiger partial charge in [0.1, 0.15) is 0 Å². The molecule has 1 aliphatic heterocycles. The molecule has 0 saturated carbocycles. The highest BCUT2D eigenvalue weighted by Gasteiger charge is 2.34. The Labute approximate surface area is 223 Å². The molecule has 0 aliphatic carbocycles. The van der Waals surface area contributed by atoms with Crippen molar-refractivity contribution in [1.82, 2.24) is 10.2 Å². The summed E-state index contributed by atoms with van der Waals surface area (Å²) in [4.78, 5) is 29.5. The third kappa shape index (κ3) is 13.9. The summed E-state index contributed by atoms with van der Waals surface area (Å²) in [5, 5.41) is 21.6. The van der Waals surface area contributed by atoms with Crippen molar-refractivity contribution in [1.29, 1.82) is 0 Å². The average Bonchev–Trinajstić information content (AvgIpc) is 3.29. The second-order valence-electron chi connectivity index (χ2n) is 10.1. The average molecular weight is 541 g/mol. The molecule has 1 fully saturated rings. The minimum Gasteiger partial charge on any atom is -0.427 e. The van der Waals surface area contributed by atoms with E-state index in [1.165, 1.54) is 4.90 Å². The van der Waals surface area contributed by atoms with E-state index in [4.69, 9.17) is 11.3 Å². The van der Waals surface area contributed by atoms with Crippen LogP contribution in [0.15, 0.2) is 30.3 Å². The van der Waals surface area contributed by atoms with Crippen molar-refractivity contribution in [2.45, 2.75) is 70.5 Å². The van der Waals surface area contributed by atoms with Crippen molar-refractivity contribution < 1.29 is 37.5 Å². The maximum Gasteiger partial charge on any atom is 0.455 e. The number of hydrogen-bond donors (Lipinski definition) is 3. The minimum absolute atomic E-state index is 0.0251. The number of hydrogen-bond acceptors (Lipinski definition) is 6. The zero-order chi connectivity index (χ0) is 28.7. The van der Waals surface area contributed by atoms with E-state index in [-0.39, 0.29) is 44.5 Å². The van der Waals surface area contributed by atoms with Gasteiger partial charge in [-0.2, -0.15) is 13.2 Å². The molecule has 0 radical (unpaired) electrons. The molecule has 1 saturated heterocycles. The zero-order valence-corrected chi connectivity index (χ0v) is 22.3. The number of halogens is 3. The maximum atomic E-state index is 12.8. The molecule has 3 N–H and O–H groups in total. The predicted molar refractivity (Wildman–Crippen MR) is 139 cm³/mol. The summed E-state index contributed by atoms with van der Waals surface area (Å²) in [5.41, 5.74) is 0.759. The highest BCUT2D eigenvalue weighted by atomic mass is 19.4. The SMILES string of the molecule is CC(C)C.[C-]#[N+]CC(=O)N1CCC[C@@H]1COC[C@H](NCC(F)(F)F)C(=O)C[C@@H](Cc1ccccc1)B(O)O. The molecule has 0 spiro atoms. The van der Waals surface area contributed by atoms with Gasteiger partial charge in [0, 0.05) is 18.8 Å². The number of ketones is 1. The van der Waals surface area contributed by atoms with Crippen LogP contribution in [-0.2, 0) is 20.7 Å². The number of nitrogens with zero attached hydrogens (tertiary/aromatic N) is 2. The molecule has 12 heteroatoms. The van der Waals surface area contributed by atoms with Crippen LogP contribution in [-0.4, -0.2) is 84.9 Å². The molecule has 1 aliphatic rings.